The molecule has 2 spiro atoms. The fourth-order valence-electron chi connectivity index (χ4n) is 20.4. The Hall–Kier alpha value is -1.49. The van der Waals surface area contributed by atoms with E-state index in [9.17, 15) is 38.5 Å². The van der Waals surface area contributed by atoms with Gasteiger partial charge in [-0.1, -0.05) is 95.9 Å². The molecule has 71 heavy (non-hydrogen) atoms. The Morgan fingerprint density at radius 1 is 0.859 bits per heavy atom. The van der Waals surface area contributed by atoms with Crippen molar-refractivity contribution in [3.8, 4) is 0 Å². The molecular formula is C58H87O12S-. The second-order valence-electron chi connectivity index (χ2n) is 28.1. The summed E-state index contributed by atoms with van der Waals surface area (Å²) in [6, 6.07) is 0. The van der Waals surface area contributed by atoms with Gasteiger partial charge >= 0.3 is 0 Å². The Kier molecular flexibility index (Phi) is 11.8. The van der Waals surface area contributed by atoms with Gasteiger partial charge in [0.25, 0.3) is 0 Å². The van der Waals surface area contributed by atoms with Crippen LogP contribution in [0, 0.1) is 79.8 Å². The fraction of sp³-hybridized carbons (Fsp3) is 0.862. The minimum Gasteiger partial charge on any atom is -0.726 e. The Labute approximate surface area is 424 Å². The van der Waals surface area contributed by atoms with Crippen LogP contribution in [0.3, 0.4) is 0 Å². The summed E-state index contributed by atoms with van der Waals surface area (Å²) in [5.74, 6) is -1.93. The van der Waals surface area contributed by atoms with E-state index in [4.69, 9.17) is 25.0 Å². The molecule has 5 N–H and O–H groups in total. The Bertz CT molecular complexity index is 2430. The number of aliphatic hydroxyl groups is 5. The fourth-order valence-corrected chi connectivity index (χ4v) is 20.9. The van der Waals surface area contributed by atoms with E-state index in [2.05, 4.69) is 33.8 Å². The number of hydrogen-bond acceptors (Lipinski definition) is 12. The summed E-state index contributed by atoms with van der Waals surface area (Å²) in [6.45, 7) is 26.6. The van der Waals surface area contributed by atoms with Gasteiger partial charge in [0, 0.05) is 27.6 Å². The topological polar surface area (TPSA) is 195 Å². The van der Waals surface area contributed by atoms with E-state index >= 15 is 0 Å². The van der Waals surface area contributed by atoms with Crippen LogP contribution in [-0.2, 0) is 28.8 Å². The van der Waals surface area contributed by atoms with Gasteiger partial charge in [-0.05, 0) is 174 Å². The first kappa shape index (κ1) is 51.6. The number of ether oxygens (including phenoxy) is 3. The maximum atomic E-state index is 12.4. The summed E-state index contributed by atoms with van der Waals surface area (Å²) in [5.41, 5.74) is 4.02. The first-order valence-corrected chi connectivity index (χ1v) is 29.2. The number of rotatable bonds is 9. The highest BCUT2D eigenvalue weighted by Gasteiger charge is 2.75. The lowest BCUT2D eigenvalue weighted by molar-refractivity contribution is -0.408. The van der Waals surface area contributed by atoms with E-state index < -0.39 is 68.0 Å². The number of aliphatic hydroxyl groups excluding tert-OH is 2. The smallest absolute Gasteiger partial charge is 0.217 e. The number of fused-ring (bicyclic) bond motifs is 8. The maximum absolute atomic E-state index is 12.4. The van der Waals surface area contributed by atoms with E-state index in [1.165, 1.54) is 29.6 Å². The molecule has 5 aliphatic heterocycles. The van der Waals surface area contributed by atoms with E-state index in [1.54, 1.807) is 19.4 Å². The largest absolute Gasteiger partial charge is 0.726 e. The van der Waals surface area contributed by atoms with Crippen molar-refractivity contribution in [3.63, 3.8) is 0 Å². The molecular weight excluding hydrogens is 921 g/mol. The molecule has 0 amide bonds. The van der Waals surface area contributed by atoms with Crippen LogP contribution in [0.15, 0.2) is 46.1 Å². The lowest BCUT2D eigenvalue weighted by atomic mass is 9.42. The standard InChI is InChI=1S/C58H88O12S/c1-31(37-14-16-39-35-13-19-46-50(4,5)57(62)47(59)27-55(46,29-67-57)41(35)20-22-53(37,39)10)12-18-43-32(2)24-34(52(8,9)61)25-44(69-43)33(3)38-15-17-40-36-26-45(70-71(64,65)66)49-51(6,7)58(63)48(60)28-56(49,30-68-58)42(36)21-23-54(38,40)11/h19,31,33-34,37-40,43-45,47-49,59-63H,2,12-18,20-30H2,1,3-11H3,(H,64,65,66)/p-1/t31-,33+,34-,37-,38-,39+,40+,43+,44-,45+,47+,48+,49+,53-,54-,55+,56+,57+,58+/m1/s1. The lowest BCUT2D eigenvalue weighted by Gasteiger charge is -2.70. The SMILES string of the molecule is C=C1C[C@@H](C(C)(C)O)C[C@H]([C@@H](C)[C@H]2CC[C@H]3C4=C(CC[C@]23C)[C@@]23CO[C@@](O)([C@@H](O)C2)C(C)(C)[C@@H]3[C@@H](OS(=O)(=O)[O-])C4)O[C@H]1CC[C@@H](C)[C@H]1CC[C@H]2C3=C(CC[C@]12C)[C@@]12CO[C@@](O)([C@@H](O)C1)C(C)(C)C2=CC3. The molecule has 13 rings (SSSR count). The quantitative estimate of drug-likeness (QED) is 0.0837. The van der Waals surface area contributed by atoms with Crippen LogP contribution in [0.2, 0.25) is 0 Å². The van der Waals surface area contributed by atoms with Crippen LogP contribution in [0.1, 0.15) is 172 Å². The van der Waals surface area contributed by atoms with Gasteiger partial charge in [0.15, 0.2) is 5.79 Å². The van der Waals surface area contributed by atoms with Gasteiger partial charge in [-0.15, -0.1) is 0 Å². The first-order valence-electron chi connectivity index (χ1n) is 27.8. The highest BCUT2D eigenvalue weighted by atomic mass is 32.3. The van der Waals surface area contributed by atoms with Gasteiger partial charge in [-0.3, -0.25) is 4.18 Å². The van der Waals surface area contributed by atoms with Gasteiger partial charge in [-0.2, -0.15) is 0 Å². The van der Waals surface area contributed by atoms with Crippen molar-refractivity contribution < 1.29 is 56.9 Å². The Morgan fingerprint density at radius 3 is 2.13 bits per heavy atom. The van der Waals surface area contributed by atoms with Gasteiger partial charge < -0.3 is 44.3 Å². The minimum atomic E-state index is -5.08. The van der Waals surface area contributed by atoms with Crippen LogP contribution in [-0.4, -0.2) is 99.4 Å². The highest BCUT2D eigenvalue weighted by molar-refractivity contribution is 7.80. The predicted molar refractivity (Wildman–Crippen MR) is 266 cm³/mol. The maximum Gasteiger partial charge on any atom is 0.217 e. The van der Waals surface area contributed by atoms with Crippen molar-refractivity contribution in [1.82, 2.24) is 0 Å². The molecule has 4 bridgehead atoms. The second kappa shape index (κ2) is 16.3. The van der Waals surface area contributed by atoms with Crippen molar-refractivity contribution in [2.24, 2.45) is 79.8 Å². The van der Waals surface area contributed by atoms with Crippen LogP contribution in [0.5, 0.6) is 0 Å². The third kappa shape index (κ3) is 7.04. The third-order valence-electron chi connectivity index (χ3n) is 24.1. The molecule has 13 heteroatoms. The molecule has 8 aliphatic carbocycles. The zero-order valence-corrected chi connectivity index (χ0v) is 45.3. The monoisotopic (exact) mass is 1010 g/mol. The average molecular weight is 1010 g/mol. The molecule has 9 fully saturated rings. The van der Waals surface area contributed by atoms with Gasteiger partial charge in [0.2, 0.25) is 16.2 Å². The molecule has 4 saturated carbocycles. The molecule has 0 aromatic rings. The second-order valence-corrected chi connectivity index (χ2v) is 29.1. The van der Waals surface area contributed by atoms with E-state index in [1.807, 2.05) is 27.7 Å². The summed E-state index contributed by atoms with van der Waals surface area (Å²) >= 11 is 0. The molecule has 398 valence electrons. The molecule has 5 heterocycles. The van der Waals surface area contributed by atoms with Crippen molar-refractivity contribution in [3.05, 3.63) is 46.1 Å². The van der Waals surface area contributed by atoms with E-state index in [0.29, 0.717) is 43.6 Å². The van der Waals surface area contributed by atoms with E-state index in [0.717, 1.165) is 75.4 Å². The van der Waals surface area contributed by atoms with Crippen molar-refractivity contribution in [2.45, 2.75) is 220 Å². The minimum absolute atomic E-state index is 0.0224. The first-order chi connectivity index (χ1) is 32.9. The van der Waals surface area contributed by atoms with E-state index in [-0.39, 0.29) is 65.2 Å². The summed E-state index contributed by atoms with van der Waals surface area (Å²) in [4.78, 5) is 0. The summed E-state index contributed by atoms with van der Waals surface area (Å²) < 4.78 is 62.7. The normalized spacial score (nSPS) is 49.5. The number of allylic oxidation sites excluding steroid dienone is 2. The molecule has 19 atom stereocenters. The summed E-state index contributed by atoms with van der Waals surface area (Å²) in [6.07, 6.45) is 12.4. The molecule has 12 nitrogen and oxygen atoms in total. The zero-order chi connectivity index (χ0) is 51.2. The van der Waals surface area contributed by atoms with Gasteiger partial charge in [-0.25, -0.2) is 8.42 Å². The van der Waals surface area contributed by atoms with Crippen LogP contribution >= 0.6 is 0 Å². The Balaban J connectivity index is 0.821. The summed E-state index contributed by atoms with van der Waals surface area (Å²) in [5, 5.41) is 57.8. The third-order valence-corrected chi connectivity index (χ3v) is 24.6. The predicted octanol–water partition coefficient (Wildman–Crippen LogP) is 8.96. The Morgan fingerprint density at radius 2 is 1.48 bits per heavy atom. The summed E-state index contributed by atoms with van der Waals surface area (Å²) in [7, 11) is -5.08. The van der Waals surface area contributed by atoms with Gasteiger partial charge in [0.1, 0.15) is 12.2 Å². The van der Waals surface area contributed by atoms with Gasteiger partial charge in [0.05, 0.1) is 37.1 Å². The van der Waals surface area contributed by atoms with Crippen molar-refractivity contribution in [2.75, 3.05) is 13.2 Å². The molecule has 13 aliphatic rings. The molecule has 5 saturated heterocycles. The van der Waals surface area contributed by atoms with Crippen LogP contribution in [0.4, 0.5) is 0 Å². The average Bonchev–Trinajstić information content (AvgIpc) is 3.75. The number of hydrogen-bond donors (Lipinski definition) is 5. The highest BCUT2D eigenvalue weighted by Crippen LogP contribution is 2.73. The molecule has 0 aromatic heterocycles. The van der Waals surface area contributed by atoms with Crippen molar-refractivity contribution >= 4 is 10.4 Å². The van der Waals surface area contributed by atoms with Crippen LogP contribution in [0.25, 0.3) is 0 Å². The lowest BCUT2D eigenvalue weighted by Crippen LogP contribution is -2.76. The van der Waals surface area contributed by atoms with Crippen LogP contribution < -0.4 is 0 Å². The van der Waals surface area contributed by atoms with Crippen molar-refractivity contribution in [1.29, 1.82) is 0 Å². The molecule has 0 unspecified atom stereocenters. The zero-order valence-electron chi connectivity index (χ0n) is 44.5. The molecule has 0 aromatic carbocycles. The molecule has 0 radical (unpaired) electrons.